The second-order valence-electron chi connectivity index (χ2n) is 4.90. The molecule has 0 aliphatic rings. The van der Waals surface area contributed by atoms with E-state index in [0.717, 1.165) is 27.4 Å². The van der Waals surface area contributed by atoms with Crippen molar-refractivity contribution in [2.24, 2.45) is 5.73 Å². The Labute approximate surface area is 116 Å². The number of para-hydroxylation sites is 2. The predicted molar refractivity (Wildman–Crippen MR) is 83.9 cm³/mol. The van der Waals surface area contributed by atoms with Gasteiger partial charge < -0.3 is 10.3 Å². The van der Waals surface area contributed by atoms with E-state index in [2.05, 4.69) is 11.1 Å². The Kier molecular flexibility index (Phi) is 3.12. The second-order valence-corrected chi connectivity index (χ2v) is 4.90. The average Bonchev–Trinajstić information content (AvgIpc) is 2.51. The molecule has 100 valence electrons. The minimum Gasteiger partial charge on any atom is -0.336 e. The number of rotatable bonds is 3. The summed E-state index contributed by atoms with van der Waals surface area (Å²) in [6, 6.07) is 15.3. The molecule has 0 bridgehead atoms. The third-order valence-electron chi connectivity index (χ3n) is 3.55. The number of hydrogen-bond acceptors (Lipinski definition) is 2. The lowest BCUT2D eigenvalue weighted by molar-refractivity contribution is 0.823. The first-order valence-corrected chi connectivity index (χ1v) is 6.59. The molecule has 0 aliphatic carbocycles. The fourth-order valence-corrected chi connectivity index (χ4v) is 2.54. The first kappa shape index (κ1) is 12.6. The number of nitrogens with two attached hydrogens (primary N) is 1. The van der Waals surface area contributed by atoms with Crippen LogP contribution in [-0.2, 0) is 6.54 Å². The summed E-state index contributed by atoms with van der Waals surface area (Å²) in [6.45, 7) is 5.04. The van der Waals surface area contributed by atoms with Crippen molar-refractivity contribution >= 4 is 21.8 Å². The van der Waals surface area contributed by atoms with Gasteiger partial charge in [-0.15, -0.1) is 0 Å². The Hall–Kier alpha value is -2.39. The van der Waals surface area contributed by atoms with Crippen molar-refractivity contribution in [3.05, 3.63) is 70.9 Å². The van der Waals surface area contributed by atoms with Crippen LogP contribution in [-0.4, -0.2) is 11.1 Å². The van der Waals surface area contributed by atoms with Gasteiger partial charge in [-0.05, 0) is 29.8 Å². The highest BCUT2D eigenvalue weighted by molar-refractivity contribution is 5.93. The molecule has 0 unspecified atom stereocenters. The van der Waals surface area contributed by atoms with Crippen LogP contribution in [0.4, 0.5) is 0 Å². The Balaban J connectivity index is 2.46. The highest BCUT2D eigenvalue weighted by Gasteiger charge is 2.10. The van der Waals surface area contributed by atoms with Gasteiger partial charge in [0.25, 0.3) is 0 Å². The van der Waals surface area contributed by atoms with Gasteiger partial charge in [0, 0.05) is 23.9 Å². The van der Waals surface area contributed by atoms with Crippen molar-refractivity contribution in [2.45, 2.75) is 6.54 Å². The van der Waals surface area contributed by atoms with Crippen LogP contribution in [0.3, 0.4) is 0 Å². The summed E-state index contributed by atoms with van der Waals surface area (Å²) in [5.74, 6) is 0. The zero-order valence-electron chi connectivity index (χ0n) is 11.2. The lowest BCUT2D eigenvalue weighted by Gasteiger charge is -2.15. The molecule has 3 rings (SSSR count). The van der Waals surface area contributed by atoms with Gasteiger partial charge in [-0.25, -0.2) is 0 Å². The monoisotopic (exact) mass is 264 g/mol. The molecule has 0 amide bonds. The normalized spacial score (nSPS) is 11.1. The molecule has 0 aliphatic heterocycles. The number of hydrogen-bond donors (Lipinski definition) is 1. The lowest BCUT2D eigenvalue weighted by atomic mass is 10.1. The summed E-state index contributed by atoms with van der Waals surface area (Å²) >= 11 is 0. The maximum Gasteiger partial charge on any atom is 0.197 e. The number of pyridine rings is 1. The van der Waals surface area contributed by atoms with E-state index in [1.807, 2.05) is 48.5 Å². The third-order valence-corrected chi connectivity index (χ3v) is 3.55. The van der Waals surface area contributed by atoms with Gasteiger partial charge in [0.2, 0.25) is 0 Å². The molecule has 1 aromatic heterocycles. The summed E-state index contributed by atoms with van der Waals surface area (Å²) in [6.07, 6.45) is 0. The summed E-state index contributed by atoms with van der Waals surface area (Å²) in [5, 5.41) is 1.46. The zero-order valence-corrected chi connectivity index (χ0v) is 11.2. The van der Waals surface area contributed by atoms with E-state index >= 15 is 0 Å². The first-order valence-electron chi connectivity index (χ1n) is 6.59. The molecule has 1 heterocycles. The Morgan fingerprint density at radius 2 is 1.50 bits per heavy atom. The summed E-state index contributed by atoms with van der Waals surface area (Å²) < 4.78 is 2.11. The highest BCUT2D eigenvalue weighted by atomic mass is 16.1. The van der Waals surface area contributed by atoms with Crippen LogP contribution in [0.5, 0.6) is 0 Å². The number of fused-ring (bicyclic) bond motifs is 2. The maximum atomic E-state index is 12.5. The Morgan fingerprint density at radius 1 is 1.00 bits per heavy atom. The standard InChI is InChI=1S/C17H16N2O/c1-12(10-18)11-19-15-8-4-2-6-13(15)17(20)14-7-3-5-9-16(14)19/h2-9H,1,10-11,18H2. The average molecular weight is 264 g/mol. The quantitative estimate of drug-likeness (QED) is 0.584. The summed E-state index contributed by atoms with van der Waals surface area (Å²) in [5.41, 5.74) is 8.52. The van der Waals surface area contributed by atoms with Crippen LogP contribution in [0.2, 0.25) is 0 Å². The van der Waals surface area contributed by atoms with Crippen molar-refractivity contribution in [1.29, 1.82) is 0 Å². The van der Waals surface area contributed by atoms with Gasteiger partial charge in [-0.1, -0.05) is 30.8 Å². The van der Waals surface area contributed by atoms with E-state index in [9.17, 15) is 4.79 Å². The van der Waals surface area contributed by atoms with Crippen LogP contribution in [0.25, 0.3) is 21.8 Å². The van der Waals surface area contributed by atoms with Gasteiger partial charge in [0.05, 0.1) is 11.0 Å². The van der Waals surface area contributed by atoms with E-state index in [1.165, 1.54) is 0 Å². The number of aromatic nitrogens is 1. The van der Waals surface area contributed by atoms with E-state index in [4.69, 9.17) is 5.73 Å². The molecule has 0 spiro atoms. The summed E-state index contributed by atoms with van der Waals surface area (Å²) in [4.78, 5) is 12.5. The van der Waals surface area contributed by atoms with Crippen molar-refractivity contribution < 1.29 is 0 Å². The van der Waals surface area contributed by atoms with E-state index < -0.39 is 0 Å². The van der Waals surface area contributed by atoms with Crippen molar-refractivity contribution in [3.63, 3.8) is 0 Å². The van der Waals surface area contributed by atoms with Crippen LogP contribution < -0.4 is 11.2 Å². The molecule has 0 radical (unpaired) electrons. The van der Waals surface area contributed by atoms with Crippen LogP contribution in [0, 0.1) is 0 Å². The molecule has 0 fully saturated rings. The minimum atomic E-state index is 0.0748. The van der Waals surface area contributed by atoms with Crippen molar-refractivity contribution in [3.8, 4) is 0 Å². The van der Waals surface area contributed by atoms with Crippen LogP contribution >= 0.6 is 0 Å². The highest BCUT2D eigenvalue weighted by Crippen LogP contribution is 2.19. The van der Waals surface area contributed by atoms with E-state index in [-0.39, 0.29) is 5.43 Å². The molecular formula is C17H16N2O. The van der Waals surface area contributed by atoms with Gasteiger partial charge >= 0.3 is 0 Å². The molecule has 20 heavy (non-hydrogen) atoms. The fourth-order valence-electron chi connectivity index (χ4n) is 2.54. The number of benzene rings is 2. The van der Waals surface area contributed by atoms with E-state index in [1.54, 1.807) is 0 Å². The van der Waals surface area contributed by atoms with Gasteiger partial charge in [-0.3, -0.25) is 4.79 Å². The predicted octanol–water partition coefficient (Wildman–Crippen LogP) is 2.67. The van der Waals surface area contributed by atoms with Crippen LogP contribution in [0.15, 0.2) is 65.5 Å². The first-order chi connectivity index (χ1) is 9.72. The smallest absolute Gasteiger partial charge is 0.197 e. The molecule has 3 heteroatoms. The number of nitrogens with zero attached hydrogens (tertiary/aromatic N) is 1. The van der Waals surface area contributed by atoms with Crippen LogP contribution in [0.1, 0.15) is 0 Å². The summed E-state index contributed by atoms with van der Waals surface area (Å²) in [7, 11) is 0. The SMILES string of the molecule is C=C(CN)Cn1c2ccccc2c(=O)c2ccccc21. The molecule has 0 saturated heterocycles. The molecule has 2 N–H and O–H groups in total. The molecular weight excluding hydrogens is 248 g/mol. The molecule has 3 aromatic rings. The Bertz CT molecular complexity index is 802. The van der Waals surface area contributed by atoms with Gasteiger partial charge in [0.15, 0.2) is 5.43 Å². The lowest BCUT2D eigenvalue weighted by Crippen LogP contribution is -2.15. The molecule has 0 atom stereocenters. The maximum absolute atomic E-state index is 12.5. The fraction of sp³-hybridized carbons (Fsp3) is 0.118. The Morgan fingerprint density at radius 3 is 2.00 bits per heavy atom. The van der Waals surface area contributed by atoms with Crippen molar-refractivity contribution in [1.82, 2.24) is 4.57 Å². The van der Waals surface area contributed by atoms with Gasteiger partial charge in [0.1, 0.15) is 0 Å². The van der Waals surface area contributed by atoms with Crippen molar-refractivity contribution in [2.75, 3.05) is 6.54 Å². The van der Waals surface area contributed by atoms with E-state index in [0.29, 0.717) is 13.1 Å². The zero-order chi connectivity index (χ0) is 14.1. The molecule has 0 saturated carbocycles. The topological polar surface area (TPSA) is 48.0 Å². The minimum absolute atomic E-state index is 0.0748. The second kappa shape index (κ2) is 4.94. The third kappa shape index (κ3) is 1.92. The van der Waals surface area contributed by atoms with Gasteiger partial charge in [-0.2, -0.15) is 0 Å². The molecule has 2 aromatic carbocycles. The molecule has 3 nitrogen and oxygen atoms in total. The largest absolute Gasteiger partial charge is 0.336 e.